The van der Waals surface area contributed by atoms with Crippen LogP contribution in [0.2, 0.25) is 0 Å². The van der Waals surface area contributed by atoms with Crippen LogP contribution < -0.4 is 21.7 Å². The van der Waals surface area contributed by atoms with Gasteiger partial charge in [0.15, 0.2) is 0 Å². The summed E-state index contributed by atoms with van der Waals surface area (Å²) in [7, 11) is -3.29. The number of hydrogen-bond acceptors (Lipinski definition) is 3. The number of aliphatic hydroxyl groups excluding tert-OH is 1. The van der Waals surface area contributed by atoms with E-state index < -0.39 is 16.1 Å². The number of unbranched alkanes of at least 4 members (excludes halogenated alkanes) is 4. The average molecular weight is 480 g/mol. The molecule has 1 rings (SSSR count). The molecule has 0 radical (unpaired) electrons. The second-order valence-electron chi connectivity index (χ2n) is 7.73. The monoisotopic (exact) mass is 478 g/mol. The first-order valence-corrected chi connectivity index (χ1v) is 12.2. The van der Waals surface area contributed by atoms with Gasteiger partial charge >= 0.3 is 0 Å². The zero-order valence-corrected chi connectivity index (χ0v) is 20.4. The number of sulfonamides is 1. The largest absolute Gasteiger partial charge is 1.00 e. The summed E-state index contributed by atoms with van der Waals surface area (Å²) in [6.45, 7) is 10.6. The minimum Gasteiger partial charge on any atom is -1.00 e. The first-order chi connectivity index (χ1) is 12.7. The maximum Gasteiger partial charge on any atom is 0.229 e. The van der Waals surface area contributed by atoms with Crippen LogP contribution in [0.25, 0.3) is 0 Å². The highest BCUT2D eigenvalue weighted by Gasteiger charge is 2.26. The van der Waals surface area contributed by atoms with Crippen LogP contribution in [0, 0.1) is 0 Å². The van der Waals surface area contributed by atoms with E-state index in [1.165, 1.54) is 32.1 Å². The lowest BCUT2D eigenvalue weighted by molar-refractivity contribution is -0.927. The number of rotatable bonds is 14. The van der Waals surface area contributed by atoms with E-state index in [0.29, 0.717) is 12.1 Å². The van der Waals surface area contributed by atoms with E-state index in [1.807, 2.05) is 18.2 Å². The van der Waals surface area contributed by atoms with Gasteiger partial charge < -0.3 is 26.6 Å². The molecule has 1 unspecified atom stereocenters. The number of anilines is 1. The van der Waals surface area contributed by atoms with Crippen molar-refractivity contribution in [2.24, 2.45) is 0 Å². The standard InChI is InChI=1S/C21H39N2O3S.BrH/c1-5-8-9-10-11-15-23(6-2,7-3)18-21(24)17-19-13-12-14-20(16-19)22-27(4,25)26;/h12-14,16,21-22,24H,5-11,15,17-18H2,1-4H3;1H/q+1;/p-1. The van der Waals surface area contributed by atoms with Crippen LogP contribution in [0.3, 0.4) is 0 Å². The van der Waals surface area contributed by atoms with E-state index in [2.05, 4.69) is 25.5 Å². The molecule has 5 nitrogen and oxygen atoms in total. The molecule has 0 aromatic heterocycles. The Morgan fingerprint density at radius 1 is 1.07 bits per heavy atom. The number of likely N-dealkylation sites (N-methyl/N-ethyl adjacent to an activating group) is 1. The zero-order valence-electron chi connectivity index (χ0n) is 18.0. The number of nitrogens with one attached hydrogen (secondary N) is 1. The van der Waals surface area contributed by atoms with Crippen molar-refractivity contribution >= 4 is 15.7 Å². The molecule has 0 fully saturated rings. The molecular formula is C21H39BrN2O3S. The van der Waals surface area contributed by atoms with Gasteiger partial charge in [0, 0.05) is 12.1 Å². The fourth-order valence-electron chi connectivity index (χ4n) is 3.70. The summed E-state index contributed by atoms with van der Waals surface area (Å²) in [5, 5.41) is 10.7. The van der Waals surface area contributed by atoms with Gasteiger partial charge in [0.05, 0.1) is 25.9 Å². The number of benzene rings is 1. The van der Waals surface area contributed by atoms with Crippen LogP contribution in [0.5, 0.6) is 0 Å². The molecule has 1 aromatic rings. The second kappa shape index (κ2) is 13.6. The lowest BCUT2D eigenvalue weighted by atomic mass is 10.1. The molecule has 0 aliphatic rings. The first-order valence-electron chi connectivity index (χ1n) is 10.3. The Morgan fingerprint density at radius 2 is 1.71 bits per heavy atom. The number of nitrogens with zero attached hydrogens (tertiary/aromatic N) is 1. The van der Waals surface area contributed by atoms with Crippen molar-refractivity contribution in [3.63, 3.8) is 0 Å². The van der Waals surface area contributed by atoms with Crippen LogP contribution >= 0.6 is 0 Å². The van der Waals surface area contributed by atoms with Gasteiger partial charge in [-0.25, -0.2) is 8.42 Å². The van der Waals surface area contributed by atoms with Gasteiger partial charge in [-0.1, -0.05) is 38.3 Å². The second-order valence-corrected chi connectivity index (χ2v) is 9.48. The topological polar surface area (TPSA) is 66.4 Å². The third-order valence-electron chi connectivity index (χ3n) is 5.38. The molecule has 0 spiro atoms. The Morgan fingerprint density at radius 3 is 2.29 bits per heavy atom. The Hall–Kier alpha value is -0.630. The van der Waals surface area contributed by atoms with Crippen molar-refractivity contribution in [1.29, 1.82) is 0 Å². The van der Waals surface area contributed by atoms with Crippen molar-refractivity contribution in [3.8, 4) is 0 Å². The van der Waals surface area contributed by atoms with Gasteiger partial charge in [0.1, 0.15) is 12.6 Å². The highest BCUT2D eigenvalue weighted by atomic mass is 79.9. The molecule has 0 saturated carbocycles. The molecule has 0 bridgehead atoms. The first kappa shape index (κ1) is 27.4. The van der Waals surface area contributed by atoms with Gasteiger partial charge in [-0.05, 0) is 44.4 Å². The van der Waals surface area contributed by atoms with Crippen LogP contribution in [0.4, 0.5) is 5.69 Å². The fourth-order valence-corrected chi connectivity index (χ4v) is 4.25. The Balaban J connectivity index is 0.00000729. The van der Waals surface area contributed by atoms with Crippen LogP contribution in [0.15, 0.2) is 24.3 Å². The molecule has 0 amide bonds. The van der Waals surface area contributed by atoms with Crippen molar-refractivity contribution in [1.82, 2.24) is 0 Å². The Kier molecular flexibility index (Phi) is 13.3. The van der Waals surface area contributed by atoms with Crippen LogP contribution in [0.1, 0.15) is 58.4 Å². The minimum absolute atomic E-state index is 0. The lowest BCUT2D eigenvalue weighted by Crippen LogP contribution is -3.00. The SMILES string of the molecule is CCCCCCC[N+](CC)(CC)CC(O)Cc1cccc(NS(C)(=O)=O)c1.[Br-]. The van der Waals surface area contributed by atoms with Gasteiger partial charge in [-0.2, -0.15) is 0 Å². The Bertz CT molecular complexity index is 649. The smallest absolute Gasteiger partial charge is 0.229 e. The summed E-state index contributed by atoms with van der Waals surface area (Å²) in [5.41, 5.74) is 1.49. The number of quaternary nitrogens is 1. The number of hydrogen-bond donors (Lipinski definition) is 2. The summed E-state index contributed by atoms with van der Waals surface area (Å²) < 4.78 is 26.2. The van der Waals surface area contributed by atoms with E-state index in [-0.39, 0.29) is 17.0 Å². The van der Waals surface area contributed by atoms with Crippen molar-refractivity contribution in [2.75, 3.05) is 37.2 Å². The highest BCUT2D eigenvalue weighted by molar-refractivity contribution is 7.92. The molecule has 28 heavy (non-hydrogen) atoms. The zero-order chi connectivity index (χ0) is 20.3. The fraction of sp³-hybridized carbons (Fsp3) is 0.714. The maximum atomic E-state index is 11.4. The summed E-state index contributed by atoms with van der Waals surface area (Å²) in [4.78, 5) is 0. The average Bonchev–Trinajstić information content (AvgIpc) is 2.59. The quantitative estimate of drug-likeness (QED) is 0.306. The van der Waals surface area contributed by atoms with Crippen LogP contribution in [-0.2, 0) is 16.4 Å². The third kappa shape index (κ3) is 10.8. The summed E-state index contributed by atoms with van der Waals surface area (Å²) in [6.07, 6.45) is 7.58. The molecule has 7 heteroatoms. The minimum atomic E-state index is -3.29. The van der Waals surface area contributed by atoms with Gasteiger partial charge in [0.25, 0.3) is 0 Å². The summed E-state index contributed by atoms with van der Waals surface area (Å²) >= 11 is 0. The predicted molar refractivity (Wildman–Crippen MR) is 114 cm³/mol. The molecule has 0 heterocycles. The van der Waals surface area contributed by atoms with Crippen molar-refractivity contribution < 1.29 is 35.0 Å². The number of aliphatic hydroxyl groups is 1. The van der Waals surface area contributed by atoms with E-state index in [9.17, 15) is 13.5 Å². The van der Waals surface area contributed by atoms with Crippen molar-refractivity contribution in [3.05, 3.63) is 29.8 Å². The third-order valence-corrected chi connectivity index (χ3v) is 5.98. The number of halogens is 1. The maximum absolute atomic E-state index is 11.4. The molecule has 2 N–H and O–H groups in total. The lowest BCUT2D eigenvalue weighted by Gasteiger charge is -2.38. The highest BCUT2D eigenvalue weighted by Crippen LogP contribution is 2.17. The van der Waals surface area contributed by atoms with Gasteiger partial charge in [0.2, 0.25) is 10.0 Å². The molecule has 0 aliphatic carbocycles. The van der Waals surface area contributed by atoms with Gasteiger partial charge in [-0.3, -0.25) is 4.72 Å². The summed E-state index contributed by atoms with van der Waals surface area (Å²) in [5.74, 6) is 0. The summed E-state index contributed by atoms with van der Waals surface area (Å²) in [6, 6.07) is 7.30. The van der Waals surface area contributed by atoms with Gasteiger partial charge in [-0.15, -0.1) is 0 Å². The van der Waals surface area contributed by atoms with E-state index in [1.54, 1.807) is 6.07 Å². The Labute approximate surface area is 182 Å². The molecule has 1 aromatic carbocycles. The molecule has 0 aliphatic heterocycles. The predicted octanol–water partition coefficient (Wildman–Crippen LogP) is 0.793. The van der Waals surface area contributed by atoms with Crippen LogP contribution in [-0.4, -0.2) is 56.5 Å². The molecular weight excluding hydrogens is 440 g/mol. The molecule has 164 valence electrons. The molecule has 0 saturated heterocycles. The van der Waals surface area contributed by atoms with Crippen molar-refractivity contribution in [2.45, 2.75) is 65.4 Å². The van der Waals surface area contributed by atoms with E-state index >= 15 is 0 Å². The normalized spacial score (nSPS) is 13.0. The van der Waals surface area contributed by atoms with E-state index in [0.717, 1.165) is 42.5 Å². The molecule has 1 atom stereocenters. The van der Waals surface area contributed by atoms with E-state index in [4.69, 9.17) is 0 Å².